The van der Waals surface area contributed by atoms with E-state index in [9.17, 15) is 0 Å². The molecule has 0 radical (unpaired) electrons. The first-order chi connectivity index (χ1) is 16.2. The minimum Gasteiger partial charge on any atom is -0.305 e. The number of benzene rings is 4. The fraction of sp³-hybridized carbons (Fsp3) is 0.250. The smallest absolute Gasteiger partial charge is 0.0786 e. The second-order valence-corrected chi connectivity index (χ2v) is 10.7. The molecular formula is C32H30N2. The normalized spacial score (nSPS) is 12.7. The van der Waals surface area contributed by atoms with Gasteiger partial charge in [-0.25, -0.2) is 0 Å². The van der Waals surface area contributed by atoms with E-state index in [-0.39, 0.29) is 0 Å². The van der Waals surface area contributed by atoms with Gasteiger partial charge in [0, 0.05) is 21.5 Å². The summed E-state index contributed by atoms with van der Waals surface area (Å²) >= 11 is 0. The zero-order valence-electron chi connectivity index (χ0n) is 21.4. The summed E-state index contributed by atoms with van der Waals surface area (Å²) in [5.74, 6) is 0. The molecule has 4 aromatic carbocycles. The van der Waals surface area contributed by atoms with Gasteiger partial charge < -0.3 is 8.80 Å². The molecule has 168 valence electrons. The number of aryl methyl sites for hydroxylation is 8. The van der Waals surface area contributed by atoms with Crippen molar-refractivity contribution in [3.8, 4) is 0 Å². The number of nitrogens with zero attached hydrogens (tertiary/aromatic N) is 2. The Balaban J connectivity index is 1.98. The Kier molecular flexibility index (Phi) is 3.59. The van der Waals surface area contributed by atoms with E-state index in [0.29, 0.717) is 0 Å². The van der Waals surface area contributed by atoms with Crippen molar-refractivity contribution in [1.29, 1.82) is 0 Å². The van der Waals surface area contributed by atoms with Crippen molar-refractivity contribution in [1.82, 2.24) is 8.80 Å². The summed E-state index contributed by atoms with van der Waals surface area (Å²) in [6.07, 6.45) is 0. The summed E-state index contributed by atoms with van der Waals surface area (Å²) in [6.45, 7) is 18.1. The van der Waals surface area contributed by atoms with Crippen LogP contribution in [0.4, 0.5) is 0 Å². The lowest BCUT2D eigenvalue weighted by atomic mass is 9.99. The van der Waals surface area contributed by atoms with Crippen molar-refractivity contribution in [2.45, 2.75) is 55.4 Å². The van der Waals surface area contributed by atoms with E-state index in [4.69, 9.17) is 0 Å². The van der Waals surface area contributed by atoms with Crippen molar-refractivity contribution in [2.24, 2.45) is 0 Å². The Bertz CT molecular complexity index is 1880. The minimum absolute atomic E-state index is 1.31. The lowest BCUT2D eigenvalue weighted by Crippen LogP contribution is -2.00. The van der Waals surface area contributed by atoms with E-state index < -0.39 is 0 Å². The summed E-state index contributed by atoms with van der Waals surface area (Å²) in [5, 5.41) is 5.54. The number of aromatic nitrogens is 2. The molecule has 0 fully saturated rings. The monoisotopic (exact) mass is 442 g/mol. The van der Waals surface area contributed by atoms with Crippen molar-refractivity contribution >= 4 is 54.6 Å². The Labute approximate surface area is 199 Å². The molecule has 0 aliphatic rings. The Morgan fingerprint density at radius 3 is 1.09 bits per heavy atom. The van der Waals surface area contributed by atoms with Gasteiger partial charge in [0.2, 0.25) is 0 Å². The molecule has 0 N–H and O–H groups in total. The van der Waals surface area contributed by atoms with Crippen LogP contribution in [0.15, 0.2) is 36.4 Å². The second kappa shape index (κ2) is 6.13. The molecule has 2 nitrogen and oxygen atoms in total. The maximum Gasteiger partial charge on any atom is 0.0786 e. The van der Waals surface area contributed by atoms with Gasteiger partial charge in [0.05, 0.1) is 33.1 Å². The van der Waals surface area contributed by atoms with Crippen LogP contribution in [0.25, 0.3) is 54.6 Å². The Hall–Kier alpha value is -3.52. The highest BCUT2D eigenvalue weighted by atomic mass is 15.0. The third-order valence-corrected chi connectivity index (χ3v) is 8.77. The van der Waals surface area contributed by atoms with Crippen molar-refractivity contribution < 1.29 is 0 Å². The van der Waals surface area contributed by atoms with Gasteiger partial charge >= 0.3 is 0 Å². The summed E-state index contributed by atoms with van der Waals surface area (Å²) < 4.78 is 5.12. The predicted octanol–water partition coefficient (Wildman–Crippen LogP) is 8.71. The van der Waals surface area contributed by atoms with Crippen molar-refractivity contribution in [2.75, 3.05) is 0 Å². The third-order valence-electron chi connectivity index (χ3n) is 8.77. The highest BCUT2D eigenvalue weighted by Crippen LogP contribution is 2.44. The molecule has 0 saturated carbocycles. The van der Waals surface area contributed by atoms with Crippen molar-refractivity contribution in [3.05, 3.63) is 80.9 Å². The highest BCUT2D eigenvalue weighted by Gasteiger charge is 2.24. The minimum atomic E-state index is 1.31. The van der Waals surface area contributed by atoms with Crippen LogP contribution in [0.5, 0.6) is 0 Å². The van der Waals surface area contributed by atoms with Gasteiger partial charge in [-0.2, -0.15) is 0 Å². The van der Waals surface area contributed by atoms with E-state index in [0.717, 1.165) is 0 Å². The second-order valence-electron chi connectivity index (χ2n) is 10.7. The largest absolute Gasteiger partial charge is 0.305 e. The molecular weight excluding hydrogens is 412 g/mol. The first kappa shape index (κ1) is 19.9. The van der Waals surface area contributed by atoms with Gasteiger partial charge in [-0.1, -0.05) is 0 Å². The first-order valence-corrected chi connectivity index (χ1v) is 12.3. The van der Waals surface area contributed by atoms with Gasteiger partial charge in [-0.05, 0) is 136 Å². The molecule has 3 heterocycles. The van der Waals surface area contributed by atoms with E-state index in [1.165, 1.54) is 99.2 Å². The van der Waals surface area contributed by atoms with Crippen LogP contribution in [0.2, 0.25) is 0 Å². The zero-order valence-corrected chi connectivity index (χ0v) is 21.4. The topological polar surface area (TPSA) is 8.82 Å². The molecule has 0 bridgehead atoms. The maximum absolute atomic E-state index is 2.56. The van der Waals surface area contributed by atoms with Gasteiger partial charge in [0.15, 0.2) is 0 Å². The van der Waals surface area contributed by atoms with Crippen LogP contribution >= 0.6 is 0 Å². The number of hydrogen-bond donors (Lipinski definition) is 0. The van der Waals surface area contributed by atoms with Crippen LogP contribution in [-0.2, 0) is 0 Å². The molecule has 7 rings (SSSR count). The molecule has 34 heavy (non-hydrogen) atoms. The average molecular weight is 443 g/mol. The number of fused-ring (bicyclic) bond motifs is 8. The predicted molar refractivity (Wildman–Crippen MR) is 147 cm³/mol. The van der Waals surface area contributed by atoms with Crippen LogP contribution in [0.1, 0.15) is 44.5 Å². The Morgan fingerprint density at radius 1 is 0.382 bits per heavy atom. The molecule has 0 atom stereocenters. The molecule has 0 spiro atoms. The molecule has 2 heteroatoms. The van der Waals surface area contributed by atoms with Gasteiger partial charge in [-0.3, -0.25) is 0 Å². The van der Waals surface area contributed by atoms with Crippen LogP contribution in [0, 0.1) is 55.4 Å². The average Bonchev–Trinajstić information content (AvgIpc) is 3.28. The van der Waals surface area contributed by atoms with Gasteiger partial charge in [0.25, 0.3) is 0 Å². The quantitative estimate of drug-likeness (QED) is 0.208. The Morgan fingerprint density at radius 2 is 0.706 bits per heavy atom. The van der Waals surface area contributed by atoms with E-state index >= 15 is 0 Å². The van der Waals surface area contributed by atoms with E-state index in [2.05, 4.69) is 101 Å². The summed E-state index contributed by atoms with van der Waals surface area (Å²) in [5.41, 5.74) is 18.8. The SMILES string of the molecule is Cc1cc2c3c(C)c(C)cc4c3n(c2cc1C)c1cc(C)c(C)c2c3cc(C)c(C)cc3n4c21. The zero-order chi connectivity index (χ0) is 23.8. The third kappa shape index (κ3) is 2.13. The first-order valence-electron chi connectivity index (χ1n) is 12.3. The lowest BCUT2D eigenvalue weighted by molar-refractivity contribution is 1.23. The molecule has 7 aromatic rings. The maximum atomic E-state index is 2.56. The fourth-order valence-electron chi connectivity index (χ4n) is 6.34. The highest BCUT2D eigenvalue weighted by molar-refractivity contribution is 6.23. The molecule has 0 saturated heterocycles. The van der Waals surface area contributed by atoms with Gasteiger partial charge in [0.1, 0.15) is 0 Å². The molecule has 0 aliphatic heterocycles. The van der Waals surface area contributed by atoms with Crippen molar-refractivity contribution in [3.63, 3.8) is 0 Å². The standard InChI is InChI=1S/C32H30N2/c1-15-9-23-25(11-17(15)3)33-28-14-20(6)22(8)30-24-10-16(2)18(4)12-26(24)34(32(28)30)27-13-19(5)21(7)29(23)31(27)33/h9-14H,1-8H3. The fourth-order valence-corrected chi connectivity index (χ4v) is 6.34. The number of rotatable bonds is 0. The van der Waals surface area contributed by atoms with Gasteiger partial charge in [-0.15, -0.1) is 0 Å². The summed E-state index contributed by atoms with van der Waals surface area (Å²) in [4.78, 5) is 0. The van der Waals surface area contributed by atoms with E-state index in [1.807, 2.05) is 0 Å². The van der Waals surface area contributed by atoms with Crippen LogP contribution in [0.3, 0.4) is 0 Å². The molecule has 3 aromatic heterocycles. The molecule has 0 unspecified atom stereocenters. The number of hydrogen-bond acceptors (Lipinski definition) is 0. The summed E-state index contributed by atoms with van der Waals surface area (Å²) in [6, 6.07) is 14.4. The lowest BCUT2D eigenvalue weighted by Gasteiger charge is -2.15. The van der Waals surface area contributed by atoms with Crippen LogP contribution in [-0.4, -0.2) is 8.80 Å². The molecule has 0 aliphatic carbocycles. The van der Waals surface area contributed by atoms with E-state index in [1.54, 1.807) is 0 Å². The summed E-state index contributed by atoms with van der Waals surface area (Å²) in [7, 11) is 0. The molecule has 0 amide bonds. The van der Waals surface area contributed by atoms with Crippen LogP contribution < -0.4 is 0 Å².